The highest BCUT2D eigenvalue weighted by Crippen LogP contribution is 2.30. The Morgan fingerprint density at radius 1 is 1.25 bits per heavy atom. The van der Waals surface area contributed by atoms with E-state index in [1.807, 2.05) is 18.7 Å². The number of benzene rings is 1. The molecule has 0 spiro atoms. The molecule has 2 rings (SSSR count). The summed E-state index contributed by atoms with van der Waals surface area (Å²) in [5.41, 5.74) is 0.361. The van der Waals surface area contributed by atoms with Gasteiger partial charge in [-0.25, -0.2) is 8.42 Å². The Hall–Kier alpha value is -1.68. The first-order valence-electron chi connectivity index (χ1n) is 9.68. The Labute approximate surface area is 167 Å². The zero-order valence-corrected chi connectivity index (χ0v) is 17.9. The lowest BCUT2D eigenvalue weighted by Crippen LogP contribution is -2.41. The van der Waals surface area contributed by atoms with Crippen LogP contribution in [0.15, 0.2) is 23.1 Å². The molecule has 28 heavy (non-hydrogen) atoms. The van der Waals surface area contributed by atoms with Crippen LogP contribution < -0.4 is 10.1 Å². The van der Waals surface area contributed by atoms with E-state index < -0.39 is 10.0 Å². The van der Waals surface area contributed by atoms with Crippen molar-refractivity contribution in [1.29, 1.82) is 0 Å². The van der Waals surface area contributed by atoms with E-state index in [0.717, 1.165) is 0 Å². The lowest BCUT2D eigenvalue weighted by molar-refractivity contribution is -0.118. The molecule has 1 aromatic carbocycles. The van der Waals surface area contributed by atoms with E-state index in [1.165, 1.54) is 16.4 Å². The molecule has 1 N–H and O–H groups in total. The van der Waals surface area contributed by atoms with E-state index >= 15 is 0 Å². The van der Waals surface area contributed by atoms with Gasteiger partial charge in [0.2, 0.25) is 15.9 Å². The Balaban J connectivity index is 2.26. The van der Waals surface area contributed by atoms with Gasteiger partial charge in [0.15, 0.2) is 0 Å². The van der Waals surface area contributed by atoms with E-state index in [2.05, 4.69) is 5.32 Å². The third-order valence-corrected chi connectivity index (χ3v) is 6.45. The normalized spacial score (nSPS) is 15.8. The number of sulfonamides is 1. The Kier molecular flexibility index (Phi) is 8.23. The monoisotopic (exact) mass is 413 g/mol. The van der Waals surface area contributed by atoms with E-state index in [0.29, 0.717) is 50.8 Å². The van der Waals surface area contributed by atoms with Crippen LogP contribution in [0.25, 0.3) is 0 Å². The largest absolute Gasteiger partial charge is 0.489 e. The van der Waals surface area contributed by atoms with E-state index in [-0.39, 0.29) is 23.5 Å². The van der Waals surface area contributed by atoms with Crippen LogP contribution in [0.1, 0.15) is 27.7 Å². The van der Waals surface area contributed by atoms with Crippen LogP contribution in [0.2, 0.25) is 0 Å². The van der Waals surface area contributed by atoms with Crippen molar-refractivity contribution in [3.63, 3.8) is 0 Å². The molecule has 0 saturated carbocycles. The summed E-state index contributed by atoms with van der Waals surface area (Å²) in [5.74, 6) is 0.233. The molecule has 1 aliphatic heterocycles. The molecular weight excluding hydrogens is 382 g/mol. The number of carbonyl (C=O) groups excluding carboxylic acids is 1. The van der Waals surface area contributed by atoms with Crippen LogP contribution >= 0.6 is 0 Å². The zero-order valence-electron chi connectivity index (χ0n) is 17.1. The predicted octanol–water partition coefficient (Wildman–Crippen LogP) is 1.78. The van der Waals surface area contributed by atoms with Crippen molar-refractivity contribution in [2.24, 2.45) is 0 Å². The SMILES string of the molecule is CCN(CC)S(=O)(=O)c1ccc(OC(C)C)c(NC(=O)CN2CCOCC2)c1. The highest BCUT2D eigenvalue weighted by atomic mass is 32.2. The first kappa shape index (κ1) is 22.6. The van der Waals surface area contributed by atoms with Crippen molar-refractivity contribution in [1.82, 2.24) is 9.21 Å². The van der Waals surface area contributed by atoms with Crippen LogP contribution in [-0.4, -0.2) is 75.6 Å². The maximum Gasteiger partial charge on any atom is 0.243 e. The molecule has 1 fully saturated rings. The number of hydrogen-bond acceptors (Lipinski definition) is 6. The van der Waals surface area contributed by atoms with Crippen LogP contribution in [0.5, 0.6) is 5.75 Å². The quantitative estimate of drug-likeness (QED) is 0.664. The van der Waals surface area contributed by atoms with Gasteiger partial charge in [0.1, 0.15) is 5.75 Å². The average molecular weight is 414 g/mol. The average Bonchev–Trinajstić information content (AvgIpc) is 2.64. The first-order valence-corrected chi connectivity index (χ1v) is 11.1. The summed E-state index contributed by atoms with van der Waals surface area (Å²) in [7, 11) is -3.63. The van der Waals surface area contributed by atoms with E-state index in [4.69, 9.17) is 9.47 Å². The number of ether oxygens (including phenoxy) is 2. The first-order chi connectivity index (χ1) is 13.3. The number of morpholine rings is 1. The van der Waals surface area contributed by atoms with Crippen molar-refractivity contribution >= 4 is 21.6 Å². The number of nitrogens with zero attached hydrogens (tertiary/aromatic N) is 2. The molecule has 0 aromatic heterocycles. The summed E-state index contributed by atoms with van der Waals surface area (Å²) in [5, 5.41) is 2.82. The summed E-state index contributed by atoms with van der Waals surface area (Å²) in [6.07, 6.45) is -0.111. The maximum absolute atomic E-state index is 12.8. The van der Waals surface area contributed by atoms with Gasteiger partial charge < -0.3 is 14.8 Å². The van der Waals surface area contributed by atoms with Gasteiger partial charge in [-0.3, -0.25) is 9.69 Å². The van der Waals surface area contributed by atoms with Gasteiger partial charge in [0.05, 0.1) is 36.4 Å². The van der Waals surface area contributed by atoms with Gasteiger partial charge in [0, 0.05) is 26.2 Å². The second-order valence-electron chi connectivity index (χ2n) is 6.85. The van der Waals surface area contributed by atoms with E-state index in [9.17, 15) is 13.2 Å². The molecule has 1 saturated heterocycles. The molecular formula is C19H31N3O5S. The summed E-state index contributed by atoms with van der Waals surface area (Å²) in [4.78, 5) is 14.6. The van der Waals surface area contributed by atoms with Crippen molar-refractivity contribution in [2.75, 3.05) is 51.3 Å². The molecule has 8 nitrogen and oxygen atoms in total. The topological polar surface area (TPSA) is 88.2 Å². The molecule has 1 amide bonds. The van der Waals surface area contributed by atoms with Crippen LogP contribution in [0.3, 0.4) is 0 Å². The molecule has 0 aliphatic carbocycles. The molecule has 1 heterocycles. The molecule has 1 aromatic rings. The van der Waals surface area contributed by atoms with Crippen LogP contribution in [-0.2, 0) is 19.6 Å². The Morgan fingerprint density at radius 3 is 2.46 bits per heavy atom. The number of rotatable bonds is 9. The van der Waals surface area contributed by atoms with Crippen molar-refractivity contribution < 1.29 is 22.7 Å². The molecule has 0 unspecified atom stereocenters. The van der Waals surface area contributed by atoms with Gasteiger partial charge in [-0.1, -0.05) is 13.8 Å². The smallest absolute Gasteiger partial charge is 0.243 e. The highest BCUT2D eigenvalue weighted by Gasteiger charge is 2.24. The lowest BCUT2D eigenvalue weighted by atomic mass is 10.2. The number of carbonyl (C=O) groups is 1. The zero-order chi connectivity index (χ0) is 20.7. The molecule has 0 atom stereocenters. The minimum absolute atomic E-state index is 0.111. The van der Waals surface area contributed by atoms with Gasteiger partial charge in [0.25, 0.3) is 0 Å². The van der Waals surface area contributed by atoms with Gasteiger partial charge >= 0.3 is 0 Å². The molecule has 158 valence electrons. The maximum atomic E-state index is 12.8. The summed E-state index contributed by atoms with van der Waals surface area (Å²) in [6, 6.07) is 4.59. The fraction of sp³-hybridized carbons (Fsp3) is 0.632. The fourth-order valence-electron chi connectivity index (χ4n) is 2.99. The summed E-state index contributed by atoms with van der Waals surface area (Å²) in [6.45, 7) is 10.9. The molecule has 9 heteroatoms. The Morgan fingerprint density at radius 2 is 1.89 bits per heavy atom. The van der Waals surface area contributed by atoms with Gasteiger partial charge in [-0.05, 0) is 32.0 Å². The van der Waals surface area contributed by atoms with Crippen LogP contribution in [0.4, 0.5) is 5.69 Å². The fourth-order valence-corrected chi connectivity index (χ4v) is 4.47. The number of anilines is 1. The van der Waals surface area contributed by atoms with Crippen LogP contribution in [0, 0.1) is 0 Å². The summed E-state index contributed by atoms with van der Waals surface area (Å²) < 4.78 is 38.1. The lowest BCUT2D eigenvalue weighted by Gasteiger charge is -2.26. The second-order valence-corrected chi connectivity index (χ2v) is 8.79. The minimum Gasteiger partial charge on any atom is -0.489 e. The summed E-state index contributed by atoms with van der Waals surface area (Å²) >= 11 is 0. The van der Waals surface area contributed by atoms with Crippen molar-refractivity contribution in [3.05, 3.63) is 18.2 Å². The van der Waals surface area contributed by atoms with Crippen molar-refractivity contribution in [3.8, 4) is 5.75 Å². The van der Waals surface area contributed by atoms with Crippen molar-refractivity contribution in [2.45, 2.75) is 38.7 Å². The predicted molar refractivity (Wildman–Crippen MR) is 108 cm³/mol. The molecule has 1 aliphatic rings. The van der Waals surface area contributed by atoms with E-state index in [1.54, 1.807) is 19.9 Å². The van der Waals surface area contributed by atoms with Gasteiger partial charge in [-0.2, -0.15) is 4.31 Å². The second kappa shape index (κ2) is 10.2. The molecule has 0 bridgehead atoms. The number of hydrogen-bond donors (Lipinski definition) is 1. The minimum atomic E-state index is -3.63. The Bertz CT molecular complexity index is 757. The molecule has 0 radical (unpaired) electrons. The third kappa shape index (κ3) is 5.91. The highest BCUT2D eigenvalue weighted by molar-refractivity contribution is 7.89. The number of nitrogens with one attached hydrogen (secondary N) is 1. The number of amides is 1. The standard InChI is InChI=1S/C19H31N3O5S/c1-5-22(6-2)28(24,25)16-7-8-18(27-15(3)4)17(13-16)20-19(23)14-21-9-11-26-12-10-21/h7-8,13,15H,5-6,9-12,14H2,1-4H3,(H,20,23). The van der Waals surface area contributed by atoms with Gasteiger partial charge in [-0.15, -0.1) is 0 Å². The third-order valence-electron chi connectivity index (χ3n) is 4.40.